The summed E-state index contributed by atoms with van der Waals surface area (Å²) in [7, 11) is -0.212. The van der Waals surface area contributed by atoms with Crippen molar-refractivity contribution in [2.45, 2.75) is 110 Å². The van der Waals surface area contributed by atoms with Crippen LogP contribution in [0.1, 0.15) is 60.5 Å². The maximum atomic E-state index is 9.60. The maximum absolute atomic E-state index is 9.60. The molecular formula is C28H48O6Si. The molecule has 1 heterocycles. The van der Waals surface area contributed by atoms with E-state index in [0.717, 1.165) is 11.3 Å². The molecule has 1 fully saturated rings. The van der Waals surface area contributed by atoms with Crippen LogP contribution in [0.2, 0.25) is 18.1 Å². The van der Waals surface area contributed by atoms with E-state index in [9.17, 15) is 5.11 Å². The van der Waals surface area contributed by atoms with E-state index in [0.29, 0.717) is 13.0 Å². The lowest BCUT2D eigenvalue weighted by Gasteiger charge is -2.39. The molecule has 0 amide bonds. The second-order valence-corrected chi connectivity index (χ2v) is 16.4. The fourth-order valence-corrected chi connectivity index (χ4v) is 5.35. The van der Waals surface area contributed by atoms with E-state index in [-0.39, 0.29) is 42.0 Å². The van der Waals surface area contributed by atoms with E-state index in [1.165, 1.54) is 0 Å². The second kappa shape index (κ2) is 12.3. The van der Waals surface area contributed by atoms with Crippen molar-refractivity contribution >= 4 is 8.32 Å². The molecule has 5 atom stereocenters. The Kier molecular flexibility index (Phi) is 10.6. The summed E-state index contributed by atoms with van der Waals surface area (Å²) in [4.78, 5) is 0. The summed E-state index contributed by atoms with van der Waals surface area (Å²) in [5.74, 6) is 0.277. The highest BCUT2D eigenvalue weighted by Gasteiger charge is 2.45. The van der Waals surface area contributed by atoms with Gasteiger partial charge >= 0.3 is 0 Å². The first kappa shape index (κ1) is 30.0. The van der Waals surface area contributed by atoms with Crippen LogP contribution < -0.4 is 4.74 Å². The van der Waals surface area contributed by atoms with Crippen LogP contribution in [0.5, 0.6) is 5.75 Å². The average Bonchev–Trinajstić information content (AvgIpc) is 3.07. The third-order valence-corrected chi connectivity index (χ3v) is 11.8. The van der Waals surface area contributed by atoms with Gasteiger partial charge in [-0.1, -0.05) is 52.0 Å². The highest BCUT2D eigenvalue weighted by atomic mass is 28.4. The van der Waals surface area contributed by atoms with E-state index in [2.05, 4.69) is 59.9 Å². The highest BCUT2D eigenvalue weighted by Crippen LogP contribution is 2.38. The van der Waals surface area contributed by atoms with Crippen LogP contribution >= 0.6 is 0 Å². The zero-order valence-corrected chi connectivity index (χ0v) is 24.5. The van der Waals surface area contributed by atoms with E-state index in [1.54, 1.807) is 7.11 Å². The topological polar surface area (TPSA) is 66.4 Å². The van der Waals surface area contributed by atoms with Gasteiger partial charge in [0.25, 0.3) is 0 Å². The Morgan fingerprint density at radius 2 is 1.71 bits per heavy atom. The smallest absolute Gasteiger partial charge is 0.192 e. The predicted octanol–water partition coefficient (Wildman–Crippen LogP) is 6.09. The molecule has 35 heavy (non-hydrogen) atoms. The van der Waals surface area contributed by atoms with Gasteiger partial charge in [0, 0.05) is 12.7 Å². The van der Waals surface area contributed by atoms with E-state index in [1.807, 2.05) is 38.1 Å². The molecule has 1 saturated heterocycles. The predicted molar refractivity (Wildman–Crippen MR) is 143 cm³/mol. The van der Waals surface area contributed by atoms with Gasteiger partial charge in [0.1, 0.15) is 18.0 Å². The first-order valence-corrected chi connectivity index (χ1v) is 15.7. The summed E-state index contributed by atoms with van der Waals surface area (Å²) < 4.78 is 30.6. The third-order valence-electron chi connectivity index (χ3n) is 7.19. The molecule has 6 nitrogen and oxygen atoms in total. The monoisotopic (exact) mass is 508 g/mol. The van der Waals surface area contributed by atoms with Gasteiger partial charge in [0.05, 0.1) is 19.8 Å². The second-order valence-electron chi connectivity index (χ2n) is 11.6. The molecule has 1 aromatic rings. The Labute approximate surface area is 214 Å². The Bertz CT molecular complexity index is 799. The molecule has 1 aliphatic heterocycles. The molecular weight excluding hydrogens is 460 g/mol. The van der Waals surface area contributed by atoms with Crippen molar-refractivity contribution in [2.24, 2.45) is 5.92 Å². The largest absolute Gasteiger partial charge is 0.497 e. The molecule has 7 heteroatoms. The summed E-state index contributed by atoms with van der Waals surface area (Å²) in [6.45, 7) is 19.9. The van der Waals surface area contributed by atoms with Crippen molar-refractivity contribution in [3.8, 4) is 5.75 Å². The van der Waals surface area contributed by atoms with Gasteiger partial charge in [0.2, 0.25) is 0 Å². The molecule has 200 valence electrons. The van der Waals surface area contributed by atoms with Gasteiger partial charge in [-0.2, -0.15) is 0 Å². The van der Waals surface area contributed by atoms with E-state index < -0.39 is 14.1 Å². The summed E-state index contributed by atoms with van der Waals surface area (Å²) in [5, 5.41) is 9.76. The summed E-state index contributed by atoms with van der Waals surface area (Å²) in [5.41, 5.74) is 1.05. The Morgan fingerprint density at radius 3 is 2.26 bits per heavy atom. The molecule has 0 bridgehead atoms. The Hall–Kier alpha value is -1.22. The minimum Gasteiger partial charge on any atom is -0.497 e. The minimum atomic E-state index is -1.87. The van der Waals surface area contributed by atoms with Gasteiger partial charge in [-0.25, -0.2) is 0 Å². The van der Waals surface area contributed by atoms with Crippen LogP contribution in [0.25, 0.3) is 0 Å². The summed E-state index contributed by atoms with van der Waals surface area (Å²) in [6.07, 6.45) is 3.91. The van der Waals surface area contributed by atoms with Gasteiger partial charge in [-0.05, 0) is 68.9 Å². The quantitative estimate of drug-likeness (QED) is 0.272. The molecule has 0 radical (unpaired) electrons. The number of hydrogen-bond donors (Lipinski definition) is 1. The van der Waals surface area contributed by atoms with Crippen molar-refractivity contribution in [2.75, 3.05) is 13.7 Å². The minimum absolute atomic E-state index is 0.0311. The fourth-order valence-electron chi connectivity index (χ4n) is 3.86. The van der Waals surface area contributed by atoms with Crippen molar-refractivity contribution in [1.82, 2.24) is 0 Å². The number of aliphatic hydroxyl groups excluding tert-OH is 1. The van der Waals surface area contributed by atoms with Crippen LogP contribution in [0.15, 0.2) is 36.4 Å². The zero-order chi connectivity index (χ0) is 26.4. The standard InChI is InChI=1S/C28H48O6Si/c1-20(21(2)34-35(9,10)27(3,4)5)11-16-24(26-25(17-18-29)32-28(6,7)33-26)31-19-22-12-14-23(30-8)15-13-22/h11-16,20-21,24-26,29H,17-19H2,1-10H3/b16-11-/t20-,21+,24?,25+,26-/m1/s1. The summed E-state index contributed by atoms with van der Waals surface area (Å²) in [6, 6.07) is 7.85. The number of benzene rings is 1. The normalized spacial score (nSPS) is 23.4. The average molecular weight is 509 g/mol. The first-order valence-electron chi connectivity index (χ1n) is 12.8. The fraction of sp³-hybridized carbons (Fsp3) is 0.714. The Balaban J connectivity index is 2.19. The maximum Gasteiger partial charge on any atom is 0.192 e. The van der Waals surface area contributed by atoms with Crippen LogP contribution in [-0.4, -0.2) is 57.3 Å². The van der Waals surface area contributed by atoms with Crippen molar-refractivity contribution in [3.63, 3.8) is 0 Å². The molecule has 1 aromatic carbocycles. The number of hydrogen-bond acceptors (Lipinski definition) is 6. The third kappa shape index (κ3) is 8.69. The molecule has 0 saturated carbocycles. The molecule has 1 unspecified atom stereocenters. The number of methoxy groups -OCH3 is 1. The molecule has 2 rings (SSSR count). The zero-order valence-electron chi connectivity index (χ0n) is 23.5. The van der Waals surface area contributed by atoms with Gasteiger partial charge < -0.3 is 28.5 Å². The van der Waals surface area contributed by atoms with Crippen molar-refractivity contribution in [1.29, 1.82) is 0 Å². The first-order chi connectivity index (χ1) is 16.2. The molecule has 0 aromatic heterocycles. The number of aliphatic hydroxyl groups is 1. The molecule has 0 spiro atoms. The number of rotatable bonds is 12. The van der Waals surface area contributed by atoms with Crippen LogP contribution in [0, 0.1) is 5.92 Å². The van der Waals surface area contributed by atoms with Crippen molar-refractivity contribution < 1.29 is 28.5 Å². The molecule has 1 aliphatic rings. The lowest BCUT2D eigenvalue weighted by Crippen LogP contribution is -2.44. The van der Waals surface area contributed by atoms with Crippen LogP contribution in [0.3, 0.4) is 0 Å². The Morgan fingerprint density at radius 1 is 1.09 bits per heavy atom. The SMILES string of the molecule is COc1ccc(COC(/C=C\[C@@H](C)[C@H](C)O[Si](C)(C)C(C)(C)C)[C@H]2OC(C)(C)O[C@H]2CCO)cc1. The van der Waals surface area contributed by atoms with Gasteiger partial charge in [-0.3, -0.25) is 0 Å². The van der Waals surface area contributed by atoms with E-state index >= 15 is 0 Å². The highest BCUT2D eigenvalue weighted by molar-refractivity contribution is 6.74. The molecule has 0 aliphatic carbocycles. The van der Waals surface area contributed by atoms with Crippen molar-refractivity contribution in [3.05, 3.63) is 42.0 Å². The van der Waals surface area contributed by atoms with Gasteiger partial charge in [0.15, 0.2) is 14.1 Å². The molecule has 1 N–H and O–H groups in total. The van der Waals surface area contributed by atoms with E-state index in [4.69, 9.17) is 23.4 Å². The van der Waals surface area contributed by atoms with Crippen LogP contribution in [0.4, 0.5) is 0 Å². The lowest BCUT2D eigenvalue weighted by molar-refractivity contribution is -0.156. The number of ether oxygens (including phenoxy) is 4. The van der Waals surface area contributed by atoms with Gasteiger partial charge in [-0.15, -0.1) is 0 Å². The lowest BCUT2D eigenvalue weighted by atomic mass is 10.0. The summed E-state index contributed by atoms with van der Waals surface area (Å²) >= 11 is 0. The van der Waals surface area contributed by atoms with Crippen LogP contribution in [-0.2, 0) is 25.2 Å².